The fourth-order valence-corrected chi connectivity index (χ4v) is 2.48. The number of nitrogens with two attached hydrogens (primary N) is 1. The summed E-state index contributed by atoms with van der Waals surface area (Å²) in [7, 11) is 0. The first-order valence-electron chi connectivity index (χ1n) is 5.75. The van der Waals surface area contributed by atoms with Crippen LogP contribution in [0.5, 0.6) is 0 Å². The quantitative estimate of drug-likeness (QED) is 0.740. The van der Waals surface area contributed by atoms with Gasteiger partial charge in [0.2, 0.25) is 0 Å². The Kier molecular flexibility index (Phi) is 3.44. The van der Waals surface area contributed by atoms with E-state index < -0.39 is 11.5 Å². The largest absolute Gasteiger partial charge is 0.480 e. The summed E-state index contributed by atoms with van der Waals surface area (Å²) in [6, 6.07) is 0. The van der Waals surface area contributed by atoms with Crippen molar-refractivity contribution in [2.24, 2.45) is 17.1 Å². The Balaban J connectivity index is 2.46. The molecule has 0 heterocycles. The number of hydrogen-bond donors (Lipinski definition) is 2. The third-order valence-corrected chi connectivity index (χ3v) is 3.32. The number of hydrogen-bond acceptors (Lipinski definition) is 2. The van der Waals surface area contributed by atoms with Crippen molar-refractivity contribution in [3.8, 4) is 0 Å². The van der Waals surface area contributed by atoms with Gasteiger partial charge in [0.15, 0.2) is 0 Å². The van der Waals surface area contributed by atoms with Gasteiger partial charge in [-0.3, -0.25) is 4.79 Å². The molecule has 0 spiro atoms. The van der Waals surface area contributed by atoms with E-state index in [-0.39, 0.29) is 0 Å². The molecule has 88 valence electrons. The van der Waals surface area contributed by atoms with Crippen LogP contribution in [0.3, 0.4) is 0 Å². The first-order chi connectivity index (χ1) is 6.73. The average molecular weight is 213 g/mol. The molecular formula is C12H23NO2. The Labute approximate surface area is 92.0 Å². The molecule has 0 unspecified atom stereocenters. The van der Waals surface area contributed by atoms with Crippen molar-refractivity contribution in [3.63, 3.8) is 0 Å². The molecule has 0 bridgehead atoms. The molecule has 0 radical (unpaired) electrons. The van der Waals surface area contributed by atoms with Crippen LogP contribution in [-0.4, -0.2) is 16.6 Å². The van der Waals surface area contributed by atoms with E-state index in [0.717, 1.165) is 12.8 Å². The molecule has 3 nitrogen and oxygen atoms in total. The highest BCUT2D eigenvalue weighted by molar-refractivity contribution is 5.78. The highest BCUT2D eigenvalue weighted by atomic mass is 16.4. The number of carboxylic acids is 1. The van der Waals surface area contributed by atoms with Crippen LogP contribution >= 0.6 is 0 Å². The zero-order valence-corrected chi connectivity index (χ0v) is 10.0. The standard InChI is InChI=1S/C12H23NO2/c1-11(2,3)8-9-4-6-12(13,7-5-9)10(14)15/h9H,4-8,13H2,1-3H3,(H,14,15). The molecule has 0 aromatic heterocycles. The second kappa shape index (κ2) is 4.12. The molecule has 1 saturated carbocycles. The minimum atomic E-state index is -0.950. The molecule has 3 N–H and O–H groups in total. The van der Waals surface area contributed by atoms with Crippen molar-refractivity contribution in [1.29, 1.82) is 0 Å². The summed E-state index contributed by atoms with van der Waals surface area (Å²) < 4.78 is 0. The highest BCUT2D eigenvalue weighted by Gasteiger charge is 2.38. The number of rotatable bonds is 2. The number of aliphatic carboxylic acids is 1. The maximum Gasteiger partial charge on any atom is 0.323 e. The van der Waals surface area contributed by atoms with E-state index in [4.69, 9.17) is 10.8 Å². The van der Waals surface area contributed by atoms with Gasteiger partial charge in [-0.1, -0.05) is 20.8 Å². The van der Waals surface area contributed by atoms with Crippen molar-refractivity contribution in [3.05, 3.63) is 0 Å². The van der Waals surface area contributed by atoms with E-state index in [1.807, 2.05) is 0 Å². The molecule has 15 heavy (non-hydrogen) atoms. The minimum absolute atomic E-state index is 0.336. The smallest absolute Gasteiger partial charge is 0.323 e. The van der Waals surface area contributed by atoms with Gasteiger partial charge in [-0.2, -0.15) is 0 Å². The van der Waals surface area contributed by atoms with Crippen LogP contribution in [-0.2, 0) is 4.79 Å². The van der Waals surface area contributed by atoms with E-state index in [1.165, 1.54) is 6.42 Å². The predicted octanol–water partition coefficient (Wildman–Crippen LogP) is 2.39. The molecule has 3 heteroatoms. The summed E-state index contributed by atoms with van der Waals surface area (Å²) in [6.07, 6.45) is 4.34. The Bertz CT molecular complexity index is 234. The maximum atomic E-state index is 10.9. The van der Waals surface area contributed by atoms with Crippen LogP contribution in [0.25, 0.3) is 0 Å². The first-order valence-corrected chi connectivity index (χ1v) is 5.75. The summed E-state index contributed by atoms with van der Waals surface area (Å²) in [5, 5.41) is 8.99. The van der Waals surface area contributed by atoms with E-state index in [0.29, 0.717) is 24.2 Å². The Morgan fingerprint density at radius 2 is 1.87 bits per heavy atom. The molecule has 0 amide bonds. The molecule has 0 saturated heterocycles. The summed E-state index contributed by atoms with van der Waals surface area (Å²) in [4.78, 5) is 10.9. The van der Waals surface area contributed by atoms with E-state index in [1.54, 1.807) is 0 Å². The highest BCUT2D eigenvalue weighted by Crippen LogP contribution is 2.37. The normalized spacial score (nSPS) is 32.7. The van der Waals surface area contributed by atoms with Gasteiger partial charge in [-0.05, 0) is 43.4 Å². The van der Waals surface area contributed by atoms with Crippen LogP contribution in [0.2, 0.25) is 0 Å². The van der Waals surface area contributed by atoms with Crippen LogP contribution < -0.4 is 5.73 Å². The topological polar surface area (TPSA) is 63.3 Å². The van der Waals surface area contributed by atoms with Gasteiger partial charge in [0.25, 0.3) is 0 Å². The fraction of sp³-hybridized carbons (Fsp3) is 0.917. The lowest BCUT2D eigenvalue weighted by atomic mass is 9.72. The van der Waals surface area contributed by atoms with Gasteiger partial charge in [0, 0.05) is 0 Å². The summed E-state index contributed by atoms with van der Waals surface area (Å²) in [5.41, 5.74) is 5.21. The van der Waals surface area contributed by atoms with E-state index in [9.17, 15) is 4.79 Å². The molecule has 1 aliphatic rings. The number of carbonyl (C=O) groups is 1. The summed E-state index contributed by atoms with van der Waals surface area (Å²) >= 11 is 0. The van der Waals surface area contributed by atoms with Crippen molar-refractivity contribution < 1.29 is 9.90 Å². The van der Waals surface area contributed by atoms with E-state index in [2.05, 4.69) is 20.8 Å². The first kappa shape index (κ1) is 12.5. The van der Waals surface area contributed by atoms with Crippen LogP contribution in [0, 0.1) is 11.3 Å². The molecule has 0 aliphatic heterocycles. The average Bonchev–Trinajstić information content (AvgIpc) is 2.07. The summed E-state index contributed by atoms with van der Waals surface area (Å²) in [5.74, 6) is -0.183. The Morgan fingerprint density at radius 3 is 2.20 bits per heavy atom. The van der Waals surface area contributed by atoms with Crippen molar-refractivity contribution >= 4 is 5.97 Å². The molecule has 1 fully saturated rings. The van der Waals surface area contributed by atoms with Gasteiger partial charge in [0.1, 0.15) is 5.54 Å². The van der Waals surface area contributed by atoms with Gasteiger partial charge in [-0.15, -0.1) is 0 Å². The van der Waals surface area contributed by atoms with Crippen molar-refractivity contribution in [2.75, 3.05) is 0 Å². The Morgan fingerprint density at radius 1 is 1.40 bits per heavy atom. The lowest BCUT2D eigenvalue weighted by Gasteiger charge is -2.36. The summed E-state index contributed by atoms with van der Waals surface area (Å²) in [6.45, 7) is 6.69. The van der Waals surface area contributed by atoms with E-state index >= 15 is 0 Å². The molecule has 0 aromatic carbocycles. The lowest BCUT2D eigenvalue weighted by molar-refractivity contribution is -0.145. The van der Waals surface area contributed by atoms with Gasteiger partial charge >= 0.3 is 5.97 Å². The maximum absolute atomic E-state index is 10.9. The second-order valence-corrected chi connectivity index (χ2v) is 6.17. The third kappa shape index (κ3) is 3.49. The minimum Gasteiger partial charge on any atom is -0.480 e. The van der Waals surface area contributed by atoms with Crippen LogP contribution in [0.4, 0.5) is 0 Å². The number of carboxylic acid groups (broad SMARTS) is 1. The zero-order valence-electron chi connectivity index (χ0n) is 10.0. The Hall–Kier alpha value is -0.570. The molecule has 0 atom stereocenters. The molecule has 1 aliphatic carbocycles. The van der Waals surface area contributed by atoms with Crippen molar-refractivity contribution in [2.45, 2.75) is 58.4 Å². The van der Waals surface area contributed by atoms with Gasteiger partial charge in [0.05, 0.1) is 0 Å². The monoisotopic (exact) mass is 213 g/mol. The van der Waals surface area contributed by atoms with Crippen LogP contribution in [0.15, 0.2) is 0 Å². The molecular weight excluding hydrogens is 190 g/mol. The van der Waals surface area contributed by atoms with Gasteiger partial charge < -0.3 is 10.8 Å². The second-order valence-electron chi connectivity index (χ2n) is 6.17. The predicted molar refractivity (Wildman–Crippen MR) is 60.6 cm³/mol. The zero-order chi connectivity index (χ0) is 11.7. The van der Waals surface area contributed by atoms with Gasteiger partial charge in [-0.25, -0.2) is 0 Å². The molecule has 0 aromatic rings. The lowest BCUT2D eigenvalue weighted by Crippen LogP contribution is -2.50. The SMILES string of the molecule is CC(C)(C)CC1CCC(N)(C(=O)O)CC1. The van der Waals surface area contributed by atoms with Crippen LogP contribution in [0.1, 0.15) is 52.9 Å². The molecule has 1 rings (SSSR count). The third-order valence-electron chi connectivity index (χ3n) is 3.32. The van der Waals surface area contributed by atoms with Crippen molar-refractivity contribution in [1.82, 2.24) is 0 Å². The fourth-order valence-electron chi connectivity index (χ4n) is 2.48.